The topological polar surface area (TPSA) is 119 Å². The Labute approximate surface area is 210 Å². The molecule has 3 aromatic rings. The van der Waals surface area contributed by atoms with Crippen molar-refractivity contribution in [3.63, 3.8) is 0 Å². The molecule has 0 fully saturated rings. The van der Waals surface area contributed by atoms with Crippen LogP contribution in [0.1, 0.15) is 27.0 Å². The van der Waals surface area contributed by atoms with Gasteiger partial charge >= 0.3 is 16.1 Å². The molecule has 9 heteroatoms. The molecule has 0 heterocycles. The van der Waals surface area contributed by atoms with Gasteiger partial charge < -0.3 is 19.3 Å². The molecule has 8 nitrogen and oxygen atoms in total. The number of amides is 1. The number of carboxylic acid groups (broad SMARTS) is 1. The third-order valence-corrected chi connectivity index (χ3v) is 5.73. The summed E-state index contributed by atoms with van der Waals surface area (Å²) in [4.78, 5) is 24.1. The fourth-order valence-corrected chi connectivity index (χ4v) is 3.92. The van der Waals surface area contributed by atoms with Crippen LogP contribution in [-0.4, -0.2) is 44.9 Å². The Bertz CT molecular complexity index is 1330. The number of carbonyl (C=O) groups is 2. The van der Waals surface area contributed by atoms with Gasteiger partial charge in [0, 0.05) is 24.8 Å². The van der Waals surface area contributed by atoms with E-state index in [2.05, 4.69) is 5.32 Å². The molecule has 0 bridgehead atoms. The largest absolute Gasteiger partial charge is 0.479 e. The quantitative estimate of drug-likeness (QED) is 0.372. The Kier molecular flexibility index (Phi) is 8.99. The van der Waals surface area contributed by atoms with Crippen molar-refractivity contribution in [1.29, 1.82) is 0 Å². The molecule has 0 aliphatic carbocycles. The summed E-state index contributed by atoms with van der Waals surface area (Å²) in [5.41, 5.74) is 3.60. The first kappa shape index (κ1) is 26.7. The number of hydrogen-bond acceptors (Lipinski definition) is 6. The van der Waals surface area contributed by atoms with Gasteiger partial charge in [0.2, 0.25) is 0 Å². The Morgan fingerprint density at radius 2 is 1.67 bits per heavy atom. The van der Waals surface area contributed by atoms with Gasteiger partial charge in [0.05, 0.1) is 6.26 Å². The maximum Gasteiger partial charge on any atom is 0.333 e. The van der Waals surface area contributed by atoms with Gasteiger partial charge in [-0.15, -0.1) is 0 Å². The lowest BCUT2D eigenvalue weighted by Gasteiger charge is -2.12. The molecule has 0 aliphatic heterocycles. The molecule has 188 valence electrons. The number of carbonyl (C=O) groups excluding carboxylic acids is 1. The minimum Gasteiger partial charge on any atom is -0.479 e. The van der Waals surface area contributed by atoms with Crippen molar-refractivity contribution in [1.82, 2.24) is 0 Å². The van der Waals surface area contributed by atoms with Gasteiger partial charge in [0.1, 0.15) is 5.75 Å². The van der Waals surface area contributed by atoms with Crippen LogP contribution in [0.3, 0.4) is 0 Å². The van der Waals surface area contributed by atoms with Crippen molar-refractivity contribution in [2.75, 3.05) is 18.7 Å². The van der Waals surface area contributed by atoms with Gasteiger partial charge in [0.15, 0.2) is 6.10 Å². The molecule has 0 spiro atoms. The predicted octanol–water partition coefficient (Wildman–Crippen LogP) is 4.18. The van der Waals surface area contributed by atoms with Crippen LogP contribution in [0, 0.1) is 0 Å². The van der Waals surface area contributed by atoms with Crippen LogP contribution in [0.4, 0.5) is 5.69 Å². The Balaban J connectivity index is 1.63. The van der Waals surface area contributed by atoms with Gasteiger partial charge in [-0.3, -0.25) is 4.79 Å². The Morgan fingerprint density at radius 1 is 1.00 bits per heavy atom. The van der Waals surface area contributed by atoms with E-state index in [1.165, 1.54) is 7.11 Å². The number of benzene rings is 3. The molecule has 0 aliphatic rings. The Hall–Kier alpha value is -3.95. The van der Waals surface area contributed by atoms with Crippen molar-refractivity contribution < 1.29 is 32.0 Å². The highest BCUT2D eigenvalue weighted by molar-refractivity contribution is 7.86. The highest BCUT2D eigenvalue weighted by Crippen LogP contribution is 2.18. The molecular weight excluding hydrogens is 482 g/mol. The third-order valence-electron chi connectivity index (χ3n) is 5.23. The second kappa shape index (κ2) is 12.1. The number of rotatable bonds is 11. The summed E-state index contributed by atoms with van der Waals surface area (Å²) in [6, 6.07) is 20.9. The zero-order valence-electron chi connectivity index (χ0n) is 19.9. The number of allylic oxidation sites excluding steroid dienone is 1. The van der Waals surface area contributed by atoms with Crippen molar-refractivity contribution in [3.05, 3.63) is 101 Å². The summed E-state index contributed by atoms with van der Waals surface area (Å²) in [6.07, 6.45) is 4.59. The first-order valence-corrected chi connectivity index (χ1v) is 12.9. The Morgan fingerprint density at radius 3 is 2.28 bits per heavy atom. The van der Waals surface area contributed by atoms with Gasteiger partial charge in [-0.2, -0.15) is 8.42 Å². The molecule has 0 radical (unpaired) electrons. The number of ether oxygens (including phenoxy) is 1. The van der Waals surface area contributed by atoms with Crippen LogP contribution in [0.5, 0.6) is 5.75 Å². The van der Waals surface area contributed by atoms with E-state index in [4.69, 9.17) is 14.0 Å². The monoisotopic (exact) mass is 509 g/mol. The molecule has 1 unspecified atom stereocenters. The second-order valence-corrected chi connectivity index (χ2v) is 9.61. The summed E-state index contributed by atoms with van der Waals surface area (Å²) in [6.45, 7) is 0. The van der Waals surface area contributed by atoms with E-state index in [1.807, 2.05) is 24.3 Å². The molecule has 3 aromatic carbocycles. The summed E-state index contributed by atoms with van der Waals surface area (Å²) in [5.74, 6) is -1.04. The first-order valence-electron chi connectivity index (χ1n) is 11.0. The molecule has 0 aromatic heterocycles. The van der Waals surface area contributed by atoms with Crippen LogP contribution >= 0.6 is 0 Å². The zero-order chi connectivity index (χ0) is 26.1. The SMILES string of the molecule is COC(Cc1ccc(NC(=O)c2ccccc2CC=Cc2ccc(OS(C)(=O)=O)cc2)cc1)C(=O)O. The summed E-state index contributed by atoms with van der Waals surface area (Å²) < 4.78 is 32.2. The van der Waals surface area contributed by atoms with Crippen LogP contribution in [-0.2, 0) is 32.5 Å². The predicted molar refractivity (Wildman–Crippen MR) is 138 cm³/mol. The van der Waals surface area contributed by atoms with E-state index in [0.29, 0.717) is 17.7 Å². The lowest BCUT2D eigenvalue weighted by molar-refractivity contribution is -0.148. The number of aliphatic carboxylic acids is 1. The van der Waals surface area contributed by atoms with Crippen LogP contribution in [0.15, 0.2) is 78.9 Å². The van der Waals surface area contributed by atoms with Crippen LogP contribution < -0.4 is 9.50 Å². The van der Waals surface area contributed by atoms with Gasteiger partial charge in [0.25, 0.3) is 5.91 Å². The molecule has 3 rings (SSSR count). The average Bonchev–Trinajstić information content (AvgIpc) is 2.84. The number of nitrogens with one attached hydrogen (secondary N) is 1. The number of methoxy groups -OCH3 is 1. The minimum atomic E-state index is -3.57. The third kappa shape index (κ3) is 8.07. The summed E-state index contributed by atoms with van der Waals surface area (Å²) >= 11 is 0. The second-order valence-electron chi connectivity index (χ2n) is 8.04. The fraction of sp³-hybridized carbons (Fsp3) is 0.185. The van der Waals surface area contributed by atoms with Crippen LogP contribution in [0.2, 0.25) is 0 Å². The fourth-order valence-electron chi connectivity index (χ4n) is 3.46. The number of carboxylic acids is 1. The van der Waals surface area contributed by atoms with E-state index in [-0.39, 0.29) is 18.1 Å². The first-order chi connectivity index (χ1) is 17.1. The highest BCUT2D eigenvalue weighted by atomic mass is 32.2. The molecule has 0 saturated carbocycles. The summed E-state index contributed by atoms with van der Waals surface area (Å²) in [7, 11) is -2.22. The van der Waals surface area contributed by atoms with Gasteiger partial charge in [-0.25, -0.2) is 4.79 Å². The smallest absolute Gasteiger partial charge is 0.333 e. The lowest BCUT2D eigenvalue weighted by Crippen LogP contribution is -2.24. The van der Waals surface area contributed by atoms with Crippen molar-refractivity contribution in [3.8, 4) is 5.75 Å². The molecule has 36 heavy (non-hydrogen) atoms. The van der Waals surface area contributed by atoms with Crippen molar-refractivity contribution >= 4 is 33.8 Å². The maximum absolute atomic E-state index is 12.9. The standard InChI is InChI=1S/C27H27NO7S/c1-34-25(27(30)31)18-20-10-14-22(15-11-20)28-26(29)24-9-4-3-7-21(24)8-5-6-19-12-16-23(17-13-19)35-36(2,32)33/h3-7,9-17,25H,8,18H2,1-2H3,(H,28,29)(H,30,31). The van der Waals surface area contributed by atoms with Gasteiger partial charge in [-0.1, -0.05) is 54.6 Å². The molecule has 1 atom stereocenters. The van der Waals surface area contributed by atoms with Crippen molar-refractivity contribution in [2.45, 2.75) is 18.9 Å². The zero-order valence-corrected chi connectivity index (χ0v) is 20.7. The van der Waals surface area contributed by atoms with Crippen molar-refractivity contribution in [2.24, 2.45) is 0 Å². The van der Waals surface area contributed by atoms with E-state index in [9.17, 15) is 18.0 Å². The maximum atomic E-state index is 12.9. The number of anilines is 1. The lowest BCUT2D eigenvalue weighted by atomic mass is 10.0. The highest BCUT2D eigenvalue weighted by Gasteiger charge is 2.17. The molecule has 0 saturated heterocycles. The molecular formula is C27H27NO7S. The molecule has 1 amide bonds. The van der Waals surface area contributed by atoms with E-state index >= 15 is 0 Å². The van der Waals surface area contributed by atoms with E-state index < -0.39 is 22.2 Å². The molecule has 2 N–H and O–H groups in total. The number of hydrogen-bond donors (Lipinski definition) is 2. The van der Waals surface area contributed by atoms with Gasteiger partial charge in [-0.05, 0) is 53.4 Å². The van der Waals surface area contributed by atoms with E-state index in [1.54, 1.807) is 60.7 Å². The minimum absolute atomic E-state index is 0.225. The average molecular weight is 510 g/mol. The van der Waals surface area contributed by atoms with Crippen LogP contribution in [0.25, 0.3) is 6.08 Å². The normalized spacial score (nSPS) is 12.3. The van der Waals surface area contributed by atoms with E-state index in [0.717, 1.165) is 22.9 Å². The summed E-state index contributed by atoms with van der Waals surface area (Å²) in [5, 5.41) is 12.0.